The molecular weight excluding hydrogens is 162 g/mol. The van der Waals surface area contributed by atoms with Gasteiger partial charge in [-0.3, -0.25) is 0 Å². The standard InChI is InChI=1S/C11H15NO/c1-3-9-4-5-10-11(8(9)2)12-6-7-13-10/h4-5,12H,3,6-7H2,1-2H3. The summed E-state index contributed by atoms with van der Waals surface area (Å²) >= 11 is 0. The molecule has 1 aliphatic rings. The lowest BCUT2D eigenvalue weighted by Crippen LogP contribution is -2.19. The molecular formula is C11H15NO. The van der Waals surface area contributed by atoms with E-state index in [0.717, 1.165) is 25.3 Å². The third-order valence-electron chi connectivity index (χ3n) is 2.58. The van der Waals surface area contributed by atoms with E-state index in [9.17, 15) is 0 Å². The summed E-state index contributed by atoms with van der Waals surface area (Å²) in [5.41, 5.74) is 3.92. The normalized spacial score (nSPS) is 14.3. The molecule has 13 heavy (non-hydrogen) atoms. The van der Waals surface area contributed by atoms with Crippen molar-refractivity contribution in [2.24, 2.45) is 0 Å². The van der Waals surface area contributed by atoms with Crippen LogP contribution in [-0.2, 0) is 6.42 Å². The molecule has 0 aliphatic carbocycles. The van der Waals surface area contributed by atoms with Gasteiger partial charge in [-0.2, -0.15) is 0 Å². The van der Waals surface area contributed by atoms with Gasteiger partial charge in [0.2, 0.25) is 0 Å². The predicted molar refractivity (Wildman–Crippen MR) is 54.5 cm³/mol. The Bertz CT molecular complexity index is 320. The number of ether oxygens (including phenoxy) is 1. The van der Waals surface area contributed by atoms with E-state index in [0.29, 0.717) is 0 Å². The van der Waals surface area contributed by atoms with Gasteiger partial charge in [0.1, 0.15) is 12.4 Å². The van der Waals surface area contributed by atoms with Gasteiger partial charge in [-0.25, -0.2) is 0 Å². The third kappa shape index (κ3) is 1.37. The number of fused-ring (bicyclic) bond motifs is 1. The molecule has 1 N–H and O–H groups in total. The number of hydrogen-bond acceptors (Lipinski definition) is 2. The van der Waals surface area contributed by atoms with Crippen molar-refractivity contribution in [3.05, 3.63) is 23.3 Å². The first kappa shape index (κ1) is 8.42. The lowest BCUT2D eigenvalue weighted by molar-refractivity contribution is 0.323. The molecule has 70 valence electrons. The van der Waals surface area contributed by atoms with Gasteiger partial charge in [-0.05, 0) is 30.5 Å². The lowest BCUT2D eigenvalue weighted by Gasteiger charge is -2.22. The van der Waals surface area contributed by atoms with Crippen LogP contribution in [0.25, 0.3) is 0 Å². The number of rotatable bonds is 1. The highest BCUT2D eigenvalue weighted by Gasteiger charge is 2.13. The van der Waals surface area contributed by atoms with E-state index >= 15 is 0 Å². The van der Waals surface area contributed by atoms with E-state index in [4.69, 9.17) is 4.74 Å². The van der Waals surface area contributed by atoms with Gasteiger partial charge in [0.25, 0.3) is 0 Å². The fourth-order valence-corrected chi connectivity index (χ4v) is 1.79. The molecule has 2 rings (SSSR count). The molecule has 2 nitrogen and oxygen atoms in total. The molecule has 0 saturated carbocycles. The Morgan fingerprint density at radius 1 is 1.46 bits per heavy atom. The SMILES string of the molecule is CCc1ccc2c(c1C)NCCO2. The Hall–Kier alpha value is -1.18. The van der Waals surface area contributed by atoms with Crippen LogP contribution in [0.5, 0.6) is 5.75 Å². The number of nitrogens with one attached hydrogen (secondary N) is 1. The number of aryl methyl sites for hydroxylation is 1. The summed E-state index contributed by atoms with van der Waals surface area (Å²) in [7, 11) is 0. The average molecular weight is 177 g/mol. The molecule has 0 bridgehead atoms. The fraction of sp³-hybridized carbons (Fsp3) is 0.455. The summed E-state index contributed by atoms with van der Waals surface area (Å²) in [4.78, 5) is 0. The van der Waals surface area contributed by atoms with E-state index < -0.39 is 0 Å². The van der Waals surface area contributed by atoms with Crippen molar-refractivity contribution in [1.82, 2.24) is 0 Å². The zero-order chi connectivity index (χ0) is 9.26. The second kappa shape index (κ2) is 3.29. The maximum absolute atomic E-state index is 5.54. The van der Waals surface area contributed by atoms with Crippen LogP contribution in [-0.4, -0.2) is 13.2 Å². The summed E-state index contributed by atoms with van der Waals surface area (Å²) < 4.78 is 5.54. The number of hydrogen-bond donors (Lipinski definition) is 1. The lowest BCUT2D eigenvalue weighted by atomic mass is 10.0. The van der Waals surface area contributed by atoms with E-state index in [1.54, 1.807) is 0 Å². The number of benzene rings is 1. The molecule has 0 unspecified atom stereocenters. The molecule has 0 fully saturated rings. The first-order valence-electron chi connectivity index (χ1n) is 4.82. The van der Waals surface area contributed by atoms with Crippen molar-refractivity contribution in [2.45, 2.75) is 20.3 Å². The van der Waals surface area contributed by atoms with Gasteiger partial charge in [-0.1, -0.05) is 13.0 Å². The maximum Gasteiger partial charge on any atom is 0.142 e. The summed E-state index contributed by atoms with van der Waals surface area (Å²) in [5, 5.41) is 3.38. The van der Waals surface area contributed by atoms with Crippen LogP contribution in [0.2, 0.25) is 0 Å². The Morgan fingerprint density at radius 3 is 3.08 bits per heavy atom. The highest BCUT2D eigenvalue weighted by atomic mass is 16.5. The molecule has 0 atom stereocenters. The van der Waals surface area contributed by atoms with Gasteiger partial charge in [0.05, 0.1) is 5.69 Å². The third-order valence-corrected chi connectivity index (χ3v) is 2.58. The second-order valence-electron chi connectivity index (χ2n) is 3.35. The Labute approximate surface area is 78.9 Å². The Balaban J connectivity index is 2.48. The molecule has 1 aromatic carbocycles. The monoisotopic (exact) mass is 177 g/mol. The molecule has 0 aromatic heterocycles. The zero-order valence-corrected chi connectivity index (χ0v) is 8.18. The second-order valence-corrected chi connectivity index (χ2v) is 3.35. The molecule has 1 aliphatic heterocycles. The average Bonchev–Trinajstić information content (AvgIpc) is 2.19. The van der Waals surface area contributed by atoms with E-state index in [1.165, 1.54) is 16.8 Å². The van der Waals surface area contributed by atoms with Crippen LogP contribution in [0.3, 0.4) is 0 Å². The minimum Gasteiger partial charge on any atom is -0.490 e. The van der Waals surface area contributed by atoms with Crippen molar-refractivity contribution >= 4 is 5.69 Å². The maximum atomic E-state index is 5.54. The molecule has 1 heterocycles. The Morgan fingerprint density at radius 2 is 2.31 bits per heavy atom. The van der Waals surface area contributed by atoms with Crippen LogP contribution in [0.15, 0.2) is 12.1 Å². The van der Waals surface area contributed by atoms with Gasteiger partial charge in [-0.15, -0.1) is 0 Å². The topological polar surface area (TPSA) is 21.3 Å². The summed E-state index contributed by atoms with van der Waals surface area (Å²) in [6, 6.07) is 4.22. The van der Waals surface area contributed by atoms with Crippen LogP contribution in [0.1, 0.15) is 18.1 Å². The molecule has 2 heteroatoms. The first-order valence-corrected chi connectivity index (χ1v) is 4.82. The van der Waals surface area contributed by atoms with E-state index in [1.807, 2.05) is 0 Å². The smallest absolute Gasteiger partial charge is 0.142 e. The first-order chi connectivity index (χ1) is 6.33. The zero-order valence-electron chi connectivity index (χ0n) is 8.18. The molecule has 1 aromatic rings. The Kier molecular flexibility index (Phi) is 2.13. The molecule has 0 spiro atoms. The van der Waals surface area contributed by atoms with Crippen molar-refractivity contribution < 1.29 is 4.74 Å². The van der Waals surface area contributed by atoms with Gasteiger partial charge in [0.15, 0.2) is 0 Å². The van der Waals surface area contributed by atoms with Crippen LogP contribution in [0.4, 0.5) is 5.69 Å². The fourth-order valence-electron chi connectivity index (χ4n) is 1.79. The van der Waals surface area contributed by atoms with Crippen molar-refractivity contribution in [3.8, 4) is 5.75 Å². The summed E-state index contributed by atoms with van der Waals surface area (Å²) in [6.07, 6.45) is 1.08. The van der Waals surface area contributed by atoms with Gasteiger partial charge in [0, 0.05) is 6.54 Å². The highest BCUT2D eigenvalue weighted by Crippen LogP contribution is 2.32. The van der Waals surface area contributed by atoms with Gasteiger partial charge < -0.3 is 10.1 Å². The summed E-state index contributed by atoms with van der Waals surface area (Å²) in [6.45, 7) is 6.02. The number of anilines is 1. The van der Waals surface area contributed by atoms with Crippen LogP contribution >= 0.6 is 0 Å². The van der Waals surface area contributed by atoms with E-state index in [2.05, 4.69) is 31.3 Å². The predicted octanol–water partition coefficient (Wildman–Crippen LogP) is 2.36. The van der Waals surface area contributed by atoms with Crippen molar-refractivity contribution in [2.75, 3.05) is 18.5 Å². The highest BCUT2D eigenvalue weighted by molar-refractivity contribution is 5.65. The van der Waals surface area contributed by atoms with Crippen molar-refractivity contribution in [1.29, 1.82) is 0 Å². The van der Waals surface area contributed by atoms with Crippen molar-refractivity contribution in [3.63, 3.8) is 0 Å². The van der Waals surface area contributed by atoms with E-state index in [-0.39, 0.29) is 0 Å². The quantitative estimate of drug-likeness (QED) is 0.711. The minimum atomic E-state index is 0.776. The molecule has 0 radical (unpaired) electrons. The molecule has 0 amide bonds. The van der Waals surface area contributed by atoms with Crippen LogP contribution in [0, 0.1) is 6.92 Å². The van der Waals surface area contributed by atoms with Gasteiger partial charge >= 0.3 is 0 Å². The van der Waals surface area contributed by atoms with Crippen LogP contribution < -0.4 is 10.1 Å². The molecule has 0 saturated heterocycles. The largest absolute Gasteiger partial charge is 0.490 e. The minimum absolute atomic E-state index is 0.776. The summed E-state index contributed by atoms with van der Waals surface area (Å²) in [5.74, 6) is 1.00.